The first-order valence-corrected chi connectivity index (χ1v) is 13.5. The molecule has 2 amide bonds. The molecule has 0 saturated carbocycles. The Morgan fingerprint density at radius 1 is 0.587 bits per heavy atom. The highest BCUT2D eigenvalue weighted by Crippen LogP contribution is 1.98. The zero-order valence-corrected chi connectivity index (χ0v) is 25.6. The molecular formula is C26H44N4O16. The van der Waals surface area contributed by atoms with Gasteiger partial charge in [-0.25, -0.2) is 4.79 Å². The van der Waals surface area contributed by atoms with Gasteiger partial charge in [-0.3, -0.25) is 43.2 Å². The molecule has 0 rings (SSSR count). The second-order valence-electron chi connectivity index (χ2n) is 9.18. The van der Waals surface area contributed by atoms with E-state index in [-0.39, 0.29) is 49.3 Å². The quantitative estimate of drug-likeness (QED) is 0.0397. The molecule has 46 heavy (non-hydrogen) atoms. The van der Waals surface area contributed by atoms with Crippen LogP contribution in [0.4, 0.5) is 0 Å². The van der Waals surface area contributed by atoms with E-state index >= 15 is 0 Å². The minimum Gasteiger partial charge on any atom is -0.481 e. The molecule has 20 nitrogen and oxygen atoms in total. The number of nitrogens with two attached hydrogens (primary N) is 2. The molecule has 0 aromatic rings. The van der Waals surface area contributed by atoms with Gasteiger partial charge >= 0.3 is 35.8 Å². The average Bonchev–Trinajstić information content (AvgIpc) is 2.90. The number of carbonyl (C=O) groups is 10. The fourth-order valence-electron chi connectivity index (χ4n) is 2.49. The second-order valence-corrected chi connectivity index (χ2v) is 9.18. The topological polar surface area (TPSA) is 368 Å². The molecule has 12 N–H and O–H groups in total. The van der Waals surface area contributed by atoms with E-state index in [4.69, 9.17) is 42.1 Å². The lowest BCUT2D eigenvalue weighted by Crippen LogP contribution is -2.30. The summed E-state index contributed by atoms with van der Waals surface area (Å²) in [7, 11) is 0. The van der Waals surface area contributed by atoms with Gasteiger partial charge in [0.05, 0.1) is 12.8 Å². The van der Waals surface area contributed by atoms with E-state index in [0.717, 1.165) is 0 Å². The third kappa shape index (κ3) is 46.0. The van der Waals surface area contributed by atoms with E-state index in [1.165, 1.54) is 13.8 Å². The largest absolute Gasteiger partial charge is 0.481 e. The summed E-state index contributed by atoms with van der Waals surface area (Å²) in [4.78, 5) is 101. The van der Waals surface area contributed by atoms with Gasteiger partial charge in [-0.1, -0.05) is 0 Å². The van der Waals surface area contributed by atoms with Gasteiger partial charge < -0.3 is 52.7 Å². The number of nitrogens with one attached hydrogen (secondary N) is 2. The Kier molecular flexibility index (Phi) is 31.3. The van der Waals surface area contributed by atoms with Gasteiger partial charge in [0.15, 0.2) is 0 Å². The van der Waals surface area contributed by atoms with Crippen molar-refractivity contribution < 1.29 is 78.6 Å². The molecule has 0 aliphatic carbocycles. The Bertz CT molecular complexity index is 1030. The van der Waals surface area contributed by atoms with Crippen LogP contribution in [-0.4, -0.2) is 115 Å². The van der Waals surface area contributed by atoms with Gasteiger partial charge in [-0.2, -0.15) is 0 Å². The molecule has 0 aromatic heterocycles. The summed E-state index contributed by atoms with van der Waals surface area (Å²) in [5.74, 6) is -8.54. The summed E-state index contributed by atoms with van der Waals surface area (Å²) >= 11 is 0. The van der Waals surface area contributed by atoms with Crippen molar-refractivity contribution in [1.29, 1.82) is 0 Å². The van der Waals surface area contributed by atoms with E-state index in [1.54, 1.807) is 0 Å². The zero-order valence-electron chi connectivity index (χ0n) is 25.6. The van der Waals surface area contributed by atoms with Crippen LogP contribution in [0, 0.1) is 0 Å². The van der Waals surface area contributed by atoms with Crippen molar-refractivity contribution in [2.24, 2.45) is 11.5 Å². The van der Waals surface area contributed by atoms with E-state index in [9.17, 15) is 47.9 Å². The molecule has 0 spiro atoms. The van der Waals surface area contributed by atoms with Crippen molar-refractivity contribution in [3.8, 4) is 0 Å². The van der Waals surface area contributed by atoms with Crippen molar-refractivity contribution >= 4 is 59.2 Å². The summed E-state index contributed by atoms with van der Waals surface area (Å²) in [5.41, 5.74) is 10.5. The number of hydrogen-bond donors (Lipinski definition) is 10. The number of aliphatic carboxylic acids is 6. The summed E-state index contributed by atoms with van der Waals surface area (Å²) in [6, 6.07) is -1.37. The lowest BCUT2D eigenvalue weighted by atomic mass is 10.1. The first-order chi connectivity index (χ1) is 21.1. The highest BCUT2D eigenvalue weighted by Gasteiger charge is 2.13. The molecule has 0 aromatic carbocycles. The van der Waals surface area contributed by atoms with E-state index in [2.05, 4.69) is 10.6 Å². The van der Waals surface area contributed by atoms with Crippen LogP contribution in [0.15, 0.2) is 0 Å². The third-order valence-electron chi connectivity index (χ3n) is 4.71. The van der Waals surface area contributed by atoms with E-state index < -0.39 is 66.9 Å². The Balaban J connectivity index is -0.000000258. The van der Waals surface area contributed by atoms with Crippen LogP contribution in [0.3, 0.4) is 0 Å². The SMILES string of the molecule is CC(=O)NCCCC(=O)CC(=O)O.CC(=O)NCCCC(N)CC(=O)O.NC(CCC(=O)O)C(=O)O.O=C(O)CCC(=O)C(=O)O. The molecule has 0 fully saturated rings. The lowest BCUT2D eigenvalue weighted by Gasteiger charge is -2.08. The van der Waals surface area contributed by atoms with Crippen molar-refractivity contribution in [2.75, 3.05) is 13.1 Å². The predicted octanol–water partition coefficient (Wildman–Crippen LogP) is -1.58. The van der Waals surface area contributed by atoms with E-state index in [0.29, 0.717) is 32.4 Å². The first kappa shape index (κ1) is 47.9. The second kappa shape index (κ2) is 30.1. The molecule has 0 radical (unpaired) electrons. The molecule has 2 atom stereocenters. The molecular weight excluding hydrogens is 624 g/mol. The maximum absolute atomic E-state index is 10.8. The number of hydrogen-bond acceptors (Lipinski definition) is 12. The molecule has 0 saturated heterocycles. The molecule has 20 heteroatoms. The molecule has 0 bridgehead atoms. The Morgan fingerprint density at radius 3 is 1.43 bits per heavy atom. The Hall–Kier alpha value is -4.98. The Labute approximate surface area is 263 Å². The highest BCUT2D eigenvalue weighted by atomic mass is 16.4. The van der Waals surface area contributed by atoms with Crippen molar-refractivity contribution in [3.05, 3.63) is 0 Å². The summed E-state index contributed by atoms with van der Waals surface area (Å²) < 4.78 is 0. The fourth-order valence-corrected chi connectivity index (χ4v) is 2.49. The minimum absolute atomic E-state index is 0.0138. The number of carbonyl (C=O) groups excluding carboxylic acids is 4. The molecule has 0 heterocycles. The summed E-state index contributed by atoms with van der Waals surface area (Å²) in [6.07, 6.45) is 0.493. The Morgan fingerprint density at radius 2 is 1.07 bits per heavy atom. The normalized spacial score (nSPS) is 10.7. The summed E-state index contributed by atoms with van der Waals surface area (Å²) in [5, 5.41) is 54.0. The maximum Gasteiger partial charge on any atom is 0.372 e. The number of carboxylic acids is 6. The van der Waals surface area contributed by atoms with Crippen LogP contribution in [0.25, 0.3) is 0 Å². The van der Waals surface area contributed by atoms with Crippen LogP contribution in [0.5, 0.6) is 0 Å². The molecule has 0 aliphatic rings. The number of Topliss-reactive ketones (excluding diaryl/α,β-unsaturated/α-hetero) is 2. The average molecular weight is 669 g/mol. The minimum atomic E-state index is -1.58. The van der Waals surface area contributed by atoms with Crippen molar-refractivity contribution in [1.82, 2.24) is 10.6 Å². The van der Waals surface area contributed by atoms with Crippen LogP contribution in [-0.2, 0) is 47.9 Å². The monoisotopic (exact) mass is 668 g/mol. The van der Waals surface area contributed by atoms with Gasteiger partial charge in [0.1, 0.15) is 18.2 Å². The van der Waals surface area contributed by atoms with Gasteiger partial charge in [0, 0.05) is 52.2 Å². The lowest BCUT2D eigenvalue weighted by molar-refractivity contribution is -0.150. The van der Waals surface area contributed by atoms with Gasteiger partial charge in [-0.15, -0.1) is 0 Å². The standard InChI is InChI=1S/C8H16N2O3.C8H13NO4.C5H9NO4.C5H6O5/c1-6(11)10-4-2-3-7(9)5-8(12)13;1-6(10)9-4-2-3-7(11)5-8(12)13;2*6-3(5(9)10)1-2-4(7)8/h7H,2-5,9H2,1H3,(H,10,11)(H,12,13);2-5H2,1H3,(H,9,10)(H,12,13);3H,1-2,6H2,(H,7,8)(H,9,10);1-2H2,(H,7,8)(H,9,10). The molecule has 0 aliphatic heterocycles. The van der Waals surface area contributed by atoms with E-state index in [1.807, 2.05) is 0 Å². The highest BCUT2D eigenvalue weighted by molar-refractivity contribution is 6.32. The van der Waals surface area contributed by atoms with Gasteiger partial charge in [-0.05, 0) is 25.7 Å². The van der Waals surface area contributed by atoms with Crippen molar-refractivity contribution in [2.45, 2.75) is 90.1 Å². The maximum atomic E-state index is 10.8. The zero-order chi connectivity index (χ0) is 36.8. The number of rotatable bonds is 20. The van der Waals surface area contributed by atoms with Crippen LogP contribution in [0.1, 0.15) is 78.1 Å². The van der Waals surface area contributed by atoms with Gasteiger partial charge in [0.2, 0.25) is 17.6 Å². The number of carboxylic acid groups (broad SMARTS) is 6. The third-order valence-corrected chi connectivity index (χ3v) is 4.71. The van der Waals surface area contributed by atoms with Crippen LogP contribution in [0.2, 0.25) is 0 Å². The van der Waals surface area contributed by atoms with Crippen LogP contribution >= 0.6 is 0 Å². The number of amides is 2. The summed E-state index contributed by atoms with van der Waals surface area (Å²) in [6.45, 7) is 3.81. The fraction of sp³-hybridized carbons (Fsp3) is 0.615. The number of ketones is 2. The first-order valence-electron chi connectivity index (χ1n) is 13.5. The van der Waals surface area contributed by atoms with Gasteiger partial charge in [0.25, 0.3) is 0 Å². The predicted molar refractivity (Wildman–Crippen MR) is 155 cm³/mol. The molecule has 264 valence electrons. The van der Waals surface area contributed by atoms with Crippen molar-refractivity contribution in [3.63, 3.8) is 0 Å². The smallest absolute Gasteiger partial charge is 0.372 e. The molecule has 2 unspecified atom stereocenters. The van der Waals surface area contributed by atoms with Crippen LogP contribution < -0.4 is 22.1 Å².